The molecule has 0 unspecified atom stereocenters. The Morgan fingerprint density at radius 2 is 2.37 bits per heavy atom. The normalized spacial score (nSPS) is 26.3. The minimum atomic E-state index is 0.242. The molecule has 1 aromatic heterocycles. The predicted octanol–water partition coefficient (Wildman–Crippen LogP) is 2.44. The summed E-state index contributed by atoms with van der Waals surface area (Å²) in [5, 5.41) is 4.23. The Morgan fingerprint density at radius 3 is 3.05 bits per heavy atom. The molecule has 4 nitrogen and oxygen atoms in total. The van der Waals surface area contributed by atoms with Crippen molar-refractivity contribution < 1.29 is 4.79 Å². The third-order valence-electron chi connectivity index (χ3n) is 4.23. The van der Waals surface area contributed by atoms with Crippen LogP contribution in [-0.4, -0.2) is 27.1 Å². The summed E-state index contributed by atoms with van der Waals surface area (Å²) in [6.07, 6.45) is 13.4. The molecule has 102 valence electrons. The quantitative estimate of drug-likeness (QED) is 0.782. The third-order valence-corrected chi connectivity index (χ3v) is 4.23. The summed E-state index contributed by atoms with van der Waals surface area (Å²) in [4.78, 5) is 14.5. The van der Waals surface area contributed by atoms with E-state index in [1.54, 1.807) is 0 Å². The molecule has 1 amide bonds. The van der Waals surface area contributed by atoms with Crippen molar-refractivity contribution in [1.29, 1.82) is 0 Å². The lowest BCUT2D eigenvalue weighted by atomic mass is 10.0. The van der Waals surface area contributed by atoms with Crippen molar-refractivity contribution in [3.63, 3.8) is 0 Å². The molecule has 1 fully saturated rings. The van der Waals surface area contributed by atoms with Crippen LogP contribution in [0.4, 0.5) is 0 Å². The zero-order chi connectivity index (χ0) is 13.2. The summed E-state index contributed by atoms with van der Waals surface area (Å²) in [6, 6.07) is 0.242. The first-order chi connectivity index (χ1) is 9.24. The summed E-state index contributed by atoms with van der Waals surface area (Å²) in [5.41, 5.74) is 1.18. The van der Waals surface area contributed by atoms with Crippen LogP contribution < -0.4 is 0 Å². The molecule has 19 heavy (non-hydrogen) atoms. The topological polar surface area (TPSA) is 38.1 Å². The largest absolute Gasteiger partial charge is 0.336 e. The number of nitrogens with zero attached hydrogens (tertiary/aromatic N) is 3. The van der Waals surface area contributed by atoms with Crippen LogP contribution >= 0.6 is 0 Å². The molecule has 1 saturated heterocycles. The average molecular weight is 259 g/mol. The number of hydrogen-bond donors (Lipinski definition) is 0. The van der Waals surface area contributed by atoms with Gasteiger partial charge in [0.25, 0.3) is 0 Å². The summed E-state index contributed by atoms with van der Waals surface area (Å²) in [5.74, 6) is 0.769. The van der Waals surface area contributed by atoms with Gasteiger partial charge in [-0.25, -0.2) is 0 Å². The van der Waals surface area contributed by atoms with Gasteiger partial charge in [0.05, 0.1) is 12.2 Å². The predicted molar refractivity (Wildman–Crippen MR) is 73.4 cm³/mol. The summed E-state index contributed by atoms with van der Waals surface area (Å²) < 4.78 is 1.82. The lowest BCUT2D eigenvalue weighted by Crippen LogP contribution is -2.31. The molecular weight excluding hydrogens is 238 g/mol. The number of aryl methyl sites for hydroxylation is 1. The Bertz CT molecular complexity index is 491. The number of hydrogen-bond acceptors (Lipinski definition) is 2. The molecule has 3 rings (SSSR count). The maximum atomic E-state index is 12.5. The van der Waals surface area contributed by atoms with Crippen LogP contribution in [0.1, 0.15) is 43.7 Å². The Balaban J connectivity index is 1.68. The van der Waals surface area contributed by atoms with Crippen LogP contribution in [-0.2, 0) is 11.8 Å². The fourth-order valence-corrected chi connectivity index (χ4v) is 3.23. The standard InChI is InChI=1S/C15H21N3O/c1-17-11-13(10-16-17)14-7-4-8-18(14)15(19)9-12-5-2-3-6-12/h2,5,10-12,14H,3-4,6-9H2,1H3/t12-,14+/m0/s1. The van der Waals surface area contributed by atoms with E-state index in [1.165, 1.54) is 5.56 Å². The fraction of sp³-hybridized carbons (Fsp3) is 0.600. The maximum absolute atomic E-state index is 12.5. The van der Waals surface area contributed by atoms with Crippen molar-refractivity contribution in [3.05, 3.63) is 30.1 Å². The van der Waals surface area contributed by atoms with Crippen molar-refractivity contribution in [2.75, 3.05) is 6.54 Å². The van der Waals surface area contributed by atoms with E-state index >= 15 is 0 Å². The first-order valence-corrected chi connectivity index (χ1v) is 7.19. The van der Waals surface area contributed by atoms with Crippen molar-refractivity contribution in [2.24, 2.45) is 13.0 Å². The van der Waals surface area contributed by atoms with Gasteiger partial charge in [-0.2, -0.15) is 5.10 Å². The number of carbonyl (C=O) groups is 1. The van der Waals surface area contributed by atoms with Crippen LogP contribution in [0.3, 0.4) is 0 Å². The highest BCUT2D eigenvalue weighted by molar-refractivity contribution is 5.77. The number of aromatic nitrogens is 2. The van der Waals surface area contributed by atoms with E-state index < -0.39 is 0 Å². The first kappa shape index (κ1) is 12.5. The van der Waals surface area contributed by atoms with Gasteiger partial charge in [0, 0.05) is 31.8 Å². The van der Waals surface area contributed by atoms with Crippen LogP contribution in [0.5, 0.6) is 0 Å². The van der Waals surface area contributed by atoms with Gasteiger partial charge >= 0.3 is 0 Å². The van der Waals surface area contributed by atoms with Gasteiger partial charge in [0.1, 0.15) is 0 Å². The highest BCUT2D eigenvalue weighted by Crippen LogP contribution is 2.33. The van der Waals surface area contributed by atoms with E-state index in [2.05, 4.69) is 22.2 Å². The van der Waals surface area contributed by atoms with E-state index in [-0.39, 0.29) is 6.04 Å². The molecule has 1 aliphatic heterocycles. The van der Waals surface area contributed by atoms with Crippen LogP contribution in [0.15, 0.2) is 24.5 Å². The summed E-state index contributed by atoms with van der Waals surface area (Å²) in [6.45, 7) is 0.898. The fourth-order valence-electron chi connectivity index (χ4n) is 3.23. The van der Waals surface area contributed by atoms with Crippen molar-refractivity contribution in [2.45, 2.75) is 38.1 Å². The molecule has 0 N–H and O–H groups in total. The second kappa shape index (κ2) is 5.19. The maximum Gasteiger partial charge on any atom is 0.223 e. The van der Waals surface area contributed by atoms with E-state index in [1.807, 2.05) is 24.1 Å². The minimum Gasteiger partial charge on any atom is -0.336 e. The molecule has 1 aliphatic carbocycles. The minimum absolute atomic E-state index is 0.242. The van der Waals surface area contributed by atoms with E-state index in [0.29, 0.717) is 18.2 Å². The highest BCUT2D eigenvalue weighted by atomic mass is 16.2. The smallest absolute Gasteiger partial charge is 0.223 e. The molecule has 2 heterocycles. The Hall–Kier alpha value is -1.58. The highest BCUT2D eigenvalue weighted by Gasteiger charge is 2.31. The number of rotatable bonds is 3. The number of amides is 1. The van der Waals surface area contributed by atoms with E-state index in [9.17, 15) is 4.79 Å². The van der Waals surface area contributed by atoms with Gasteiger partial charge in [-0.3, -0.25) is 9.48 Å². The van der Waals surface area contributed by atoms with Gasteiger partial charge in [0.2, 0.25) is 5.91 Å². The molecule has 4 heteroatoms. The summed E-state index contributed by atoms with van der Waals surface area (Å²) in [7, 11) is 1.92. The van der Waals surface area contributed by atoms with Gasteiger partial charge in [-0.05, 0) is 31.6 Å². The lowest BCUT2D eigenvalue weighted by molar-refractivity contribution is -0.132. The molecule has 2 aliphatic rings. The summed E-state index contributed by atoms with van der Waals surface area (Å²) >= 11 is 0. The number of carbonyl (C=O) groups excluding carboxylic acids is 1. The Morgan fingerprint density at radius 1 is 1.47 bits per heavy atom. The average Bonchev–Trinajstić information content (AvgIpc) is 3.07. The van der Waals surface area contributed by atoms with Gasteiger partial charge in [0.15, 0.2) is 0 Å². The number of allylic oxidation sites excluding steroid dienone is 2. The van der Waals surface area contributed by atoms with Gasteiger partial charge < -0.3 is 4.90 Å². The SMILES string of the molecule is Cn1cc([C@H]2CCCN2C(=O)C[C@H]2C=CCC2)cn1. The lowest BCUT2D eigenvalue weighted by Gasteiger charge is -2.25. The molecule has 0 spiro atoms. The molecule has 0 aromatic carbocycles. The molecule has 0 saturated carbocycles. The molecule has 0 radical (unpaired) electrons. The molecule has 0 bridgehead atoms. The first-order valence-electron chi connectivity index (χ1n) is 7.19. The Labute approximate surface area is 114 Å². The zero-order valence-electron chi connectivity index (χ0n) is 11.5. The Kier molecular flexibility index (Phi) is 3.40. The van der Waals surface area contributed by atoms with Gasteiger partial charge in [-0.1, -0.05) is 12.2 Å². The van der Waals surface area contributed by atoms with E-state index in [4.69, 9.17) is 0 Å². The van der Waals surface area contributed by atoms with Crippen LogP contribution in [0.2, 0.25) is 0 Å². The van der Waals surface area contributed by atoms with Crippen molar-refractivity contribution >= 4 is 5.91 Å². The van der Waals surface area contributed by atoms with E-state index in [0.717, 1.165) is 32.2 Å². The molecular formula is C15H21N3O. The van der Waals surface area contributed by atoms with Crippen LogP contribution in [0, 0.1) is 5.92 Å². The van der Waals surface area contributed by atoms with Gasteiger partial charge in [-0.15, -0.1) is 0 Å². The molecule has 1 aromatic rings. The zero-order valence-corrected chi connectivity index (χ0v) is 11.5. The van der Waals surface area contributed by atoms with Crippen LogP contribution in [0.25, 0.3) is 0 Å². The van der Waals surface area contributed by atoms with Crippen molar-refractivity contribution in [3.8, 4) is 0 Å². The second-order valence-corrected chi connectivity index (χ2v) is 5.66. The number of likely N-dealkylation sites (tertiary alicyclic amines) is 1. The molecule has 2 atom stereocenters. The third kappa shape index (κ3) is 2.57. The second-order valence-electron chi connectivity index (χ2n) is 5.66. The monoisotopic (exact) mass is 259 g/mol. The van der Waals surface area contributed by atoms with Crippen molar-refractivity contribution in [1.82, 2.24) is 14.7 Å².